The second-order valence-corrected chi connectivity index (χ2v) is 6.36. The van der Waals surface area contributed by atoms with Gasteiger partial charge in [0.15, 0.2) is 0 Å². The largest absolute Gasteiger partial charge is 0.493 e. The average molecular weight is 289 g/mol. The maximum atomic E-state index is 11.9. The summed E-state index contributed by atoms with van der Waals surface area (Å²) in [5, 5.41) is 12.9. The molecule has 2 N–H and O–H groups in total. The summed E-state index contributed by atoms with van der Waals surface area (Å²) in [4.78, 5) is 11.9. The van der Waals surface area contributed by atoms with Gasteiger partial charge in [0.25, 0.3) is 0 Å². The molecule has 0 aromatic heterocycles. The number of nitrogens with one attached hydrogen (secondary N) is 1. The molecule has 0 saturated heterocycles. The Hall–Kier alpha value is -1.55. The molecule has 21 heavy (non-hydrogen) atoms. The minimum absolute atomic E-state index is 0.0562. The minimum atomic E-state index is -0.929. The lowest BCUT2D eigenvalue weighted by molar-refractivity contribution is -0.130. The van der Waals surface area contributed by atoms with Crippen LogP contribution in [0, 0.1) is 0 Å². The van der Waals surface area contributed by atoms with E-state index in [1.807, 2.05) is 13.8 Å². The van der Waals surface area contributed by atoms with E-state index in [9.17, 15) is 9.90 Å². The van der Waals surface area contributed by atoms with Gasteiger partial charge in [0.05, 0.1) is 6.61 Å². The number of benzene rings is 1. The molecule has 0 spiro atoms. The van der Waals surface area contributed by atoms with Crippen LogP contribution in [0.2, 0.25) is 0 Å². The molecule has 4 heteroatoms. The van der Waals surface area contributed by atoms with Gasteiger partial charge in [-0.15, -0.1) is 0 Å². The summed E-state index contributed by atoms with van der Waals surface area (Å²) in [6.07, 6.45) is 2.57. The van der Waals surface area contributed by atoms with Crippen molar-refractivity contribution in [2.45, 2.75) is 57.6 Å². The first-order chi connectivity index (χ1) is 10.1. The van der Waals surface area contributed by atoms with Crippen LogP contribution in [0.15, 0.2) is 12.1 Å². The highest BCUT2D eigenvalue weighted by molar-refractivity contribution is 5.80. The molecule has 1 aromatic carbocycles. The van der Waals surface area contributed by atoms with Crippen molar-refractivity contribution in [3.63, 3.8) is 0 Å². The van der Waals surface area contributed by atoms with E-state index in [0.29, 0.717) is 6.42 Å². The normalized spacial score (nSPS) is 20.9. The minimum Gasteiger partial charge on any atom is -0.493 e. The van der Waals surface area contributed by atoms with E-state index in [4.69, 9.17) is 4.74 Å². The predicted octanol–water partition coefficient (Wildman–Crippen LogP) is 1.93. The molecule has 1 aliphatic carbocycles. The third kappa shape index (κ3) is 2.77. The second-order valence-electron chi connectivity index (χ2n) is 6.36. The quantitative estimate of drug-likeness (QED) is 0.890. The Morgan fingerprint density at radius 1 is 1.43 bits per heavy atom. The monoisotopic (exact) mass is 289 g/mol. The number of ether oxygens (including phenoxy) is 1. The Morgan fingerprint density at radius 2 is 2.24 bits per heavy atom. The van der Waals surface area contributed by atoms with Gasteiger partial charge in [-0.2, -0.15) is 0 Å². The first-order valence-electron chi connectivity index (χ1n) is 7.82. The van der Waals surface area contributed by atoms with Crippen LogP contribution in [0.1, 0.15) is 49.3 Å². The van der Waals surface area contributed by atoms with Crippen LogP contribution in [0.4, 0.5) is 0 Å². The van der Waals surface area contributed by atoms with Crippen LogP contribution in [0.5, 0.6) is 5.75 Å². The Balaban J connectivity index is 1.76. The van der Waals surface area contributed by atoms with Crippen LogP contribution in [-0.4, -0.2) is 29.8 Å². The van der Waals surface area contributed by atoms with Gasteiger partial charge in [0.1, 0.15) is 11.9 Å². The zero-order valence-corrected chi connectivity index (χ0v) is 12.7. The number of carbonyl (C=O) groups excluding carboxylic acids is 1. The molecule has 0 fully saturated rings. The first-order valence-corrected chi connectivity index (χ1v) is 7.82. The van der Waals surface area contributed by atoms with Crippen molar-refractivity contribution in [1.29, 1.82) is 0 Å². The predicted molar refractivity (Wildman–Crippen MR) is 80.6 cm³/mol. The molecule has 114 valence electrons. The highest BCUT2D eigenvalue weighted by Crippen LogP contribution is 2.43. The maximum absolute atomic E-state index is 11.9. The maximum Gasteiger partial charge on any atom is 0.249 e. The number of hydrogen-bond acceptors (Lipinski definition) is 3. The van der Waals surface area contributed by atoms with Crippen molar-refractivity contribution >= 4 is 5.91 Å². The summed E-state index contributed by atoms with van der Waals surface area (Å²) >= 11 is 0. The van der Waals surface area contributed by atoms with Crippen molar-refractivity contribution in [2.24, 2.45) is 0 Å². The molecule has 4 nitrogen and oxygen atoms in total. The number of rotatable bonds is 4. The number of aryl methyl sites for hydroxylation is 1. The van der Waals surface area contributed by atoms with E-state index < -0.39 is 6.10 Å². The molecule has 0 radical (unpaired) electrons. The third-order valence-electron chi connectivity index (χ3n) is 4.43. The highest BCUT2D eigenvalue weighted by Gasteiger charge is 2.32. The lowest BCUT2D eigenvalue weighted by Crippen LogP contribution is -2.39. The van der Waals surface area contributed by atoms with E-state index >= 15 is 0 Å². The lowest BCUT2D eigenvalue weighted by Gasteiger charge is -2.19. The van der Waals surface area contributed by atoms with Crippen LogP contribution in [0.25, 0.3) is 0 Å². The number of carbonyl (C=O) groups is 1. The summed E-state index contributed by atoms with van der Waals surface area (Å²) in [5.74, 6) is 0.994. The molecule has 2 atom stereocenters. The zero-order chi connectivity index (χ0) is 15.0. The number of fused-ring (bicyclic) bond motifs is 3. The van der Waals surface area contributed by atoms with Crippen LogP contribution < -0.4 is 10.1 Å². The number of aliphatic hydroxyl groups excluding tert-OH is 1. The molecular formula is C17H23NO3. The fourth-order valence-corrected chi connectivity index (χ4v) is 3.54. The Kier molecular flexibility index (Phi) is 3.89. The van der Waals surface area contributed by atoms with Crippen molar-refractivity contribution < 1.29 is 14.6 Å². The summed E-state index contributed by atoms with van der Waals surface area (Å²) in [6, 6.07) is 4.26. The molecule has 0 saturated carbocycles. The molecule has 1 heterocycles. The standard InChI is InChI=1S/C17H23NO3/c1-10(2)18-17(20)14(19)9-12-4-3-11-5-6-15-13(16(11)12)7-8-21-15/h5-6,10,12,14,19H,3-4,7-9H2,1-2H3,(H,18,20). The summed E-state index contributed by atoms with van der Waals surface area (Å²) < 4.78 is 5.64. The van der Waals surface area contributed by atoms with Crippen LogP contribution in [-0.2, 0) is 17.6 Å². The van der Waals surface area contributed by atoms with Gasteiger partial charge in [-0.1, -0.05) is 6.07 Å². The third-order valence-corrected chi connectivity index (χ3v) is 4.43. The fourth-order valence-electron chi connectivity index (χ4n) is 3.54. The van der Waals surface area contributed by atoms with Gasteiger partial charge in [0.2, 0.25) is 5.91 Å². The number of aliphatic hydroxyl groups is 1. The topological polar surface area (TPSA) is 58.6 Å². The van der Waals surface area contributed by atoms with Gasteiger partial charge in [-0.25, -0.2) is 0 Å². The van der Waals surface area contributed by atoms with Gasteiger partial charge < -0.3 is 15.2 Å². The lowest BCUT2D eigenvalue weighted by atomic mass is 9.90. The van der Waals surface area contributed by atoms with Crippen LogP contribution in [0.3, 0.4) is 0 Å². The summed E-state index contributed by atoms with van der Waals surface area (Å²) in [7, 11) is 0. The molecule has 1 aromatic rings. The molecule has 0 bridgehead atoms. The first kappa shape index (κ1) is 14.4. The van der Waals surface area contributed by atoms with Gasteiger partial charge >= 0.3 is 0 Å². The van der Waals surface area contributed by atoms with E-state index in [-0.39, 0.29) is 17.9 Å². The molecule has 1 aliphatic heterocycles. The zero-order valence-electron chi connectivity index (χ0n) is 12.7. The number of hydrogen-bond donors (Lipinski definition) is 2. The van der Waals surface area contributed by atoms with Gasteiger partial charge in [-0.05, 0) is 56.2 Å². The van der Waals surface area contributed by atoms with Crippen LogP contribution >= 0.6 is 0 Å². The van der Waals surface area contributed by atoms with E-state index in [0.717, 1.165) is 31.6 Å². The fraction of sp³-hybridized carbons (Fsp3) is 0.588. The molecular weight excluding hydrogens is 266 g/mol. The smallest absolute Gasteiger partial charge is 0.249 e. The Morgan fingerprint density at radius 3 is 3.00 bits per heavy atom. The van der Waals surface area contributed by atoms with Crippen molar-refractivity contribution in [1.82, 2.24) is 5.32 Å². The van der Waals surface area contributed by atoms with Gasteiger partial charge in [0, 0.05) is 18.0 Å². The Bertz CT molecular complexity index is 553. The number of amides is 1. The molecule has 2 aliphatic rings. The molecule has 3 rings (SSSR count). The van der Waals surface area contributed by atoms with Crippen molar-refractivity contribution in [2.75, 3.05) is 6.61 Å². The average Bonchev–Trinajstić information content (AvgIpc) is 3.03. The van der Waals surface area contributed by atoms with Crippen molar-refractivity contribution in [3.05, 3.63) is 28.8 Å². The van der Waals surface area contributed by atoms with E-state index in [1.54, 1.807) is 0 Å². The molecule has 2 unspecified atom stereocenters. The van der Waals surface area contributed by atoms with Gasteiger partial charge in [-0.3, -0.25) is 4.79 Å². The molecule has 1 amide bonds. The van der Waals surface area contributed by atoms with E-state index in [2.05, 4.69) is 17.4 Å². The second kappa shape index (κ2) is 5.68. The summed E-state index contributed by atoms with van der Waals surface area (Å²) in [6.45, 7) is 4.55. The highest BCUT2D eigenvalue weighted by atomic mass is 16.5. The SMILES string of the molecule is CC(C)NC(=O)C(O)CC1CCc2ccc3c(c21)CCO3. The Labute approximate surface area is 125 Å². The van der Waals surface area contributed by atoms with Crippen molar-refractivity contribution in [3.8, 4) is 5.75 Å². The van der Waals surface area contributed by atoms with E-state index in [1.165, 1.54) is 16.7 Å². The summed E-state index contributed by atoms with van der Waals surface area (Å²) in [5.41, 5.74) is 3.99.